The van der Waals surface area contributed by atoms with Crippen molar-refractivity contribution >= 4 is 5.97 Å². The van der Waals surface area contributed by atoms with Crippen molar-refractivity contribution in [2.75, 3.05) is 0 Å². The van der Waals surface area contributed by atoms with E-state index in [1.165, 1.54) is 0 Å². The summed E-state index contributed by atoms with van der Waals surface area (Å²) in [4.78, 5) is 10.8. The van der Waals surface area contributed by atoms with Crippen LogP contribution in [0, 0.1) is 5.92 Å². The third-order valence-corrected chi connectivity index (χ3v) is 3.02. The van der Waals surface area contributed by atoms with Gasteiger partial charge in [-0.05, 0) is 31.6 Å². The maximum absolute atomic E-state index is 10.8. The average molecular weight is 233 g/mol. The van der Waals surface area contributed by atoms with Crippen LogP contribution in [0.15, 0.2) is 0 Å². The van der Waals surface area contributed by atoms with E-state index in [0.29, 0.717) is 25.7 Å². The summed E-state index contributed by atoms with van der Waals surface area (Å²) >= 11 is 0. The number of quaternary nitrogens is 1. The highest BCUT2D eigenvalue weighted by atomic mass is 16.4. The summed E-state index contributed by atoms with van der Waals surface area (Å²) in [6, 6.07) is -0.829. The van der Waals surface area contributed by atoms with Crippen LogP contribution in [0.4, 0.5) is 0 Å². The zero-order chi connectivity index (χ0) is 12.1. The van der Waals surface area contributed by atoms with E-state index in [-0.39, 0.29) is 5.92 Å². The molecule has 0 heterocycles. The van der Waals surface area contributed by atoms with Crippen molar-refractivity contribution in [3.8, 4) is 0 Å². The summed E-state index contributed by atoms with van der Waals surface area (Å²) in [5, 5.41) is 29.5. The molecular weight excluding hydrogens is 214 g/mol. The minimum atomic E-state index is -1.20. The Morgan fingerprint density at radius 3 is 2.62 bits per heavy atom. The summed E-state index contributed by atoms with van der Waals surface area (Å²) in [5.41, 5.74) is 4.81. The predicted octanol–water partition coefficient (Wildman–Crippen LogP) is -3.73. The van der Waals surface area contributed by atoms with Crippen LogP contribution in [0.1, 0.15) is 25.7 Å². The van der Waals surface area contributed by atoms with Gasteiger partial charge in [0, 0.05) is 0 Å². The molecule has 1 aliphatic carbocycles. The average Bonchev–Trinajstić information content (AvgIpc) is 2.22. The Morgan fingerprint density at radius 1 is 1.44 bits per heavy atom. The highest BCUT2D eigenvalue weighted by molar-refractivity contribution is 5.70. The van der Waals surface area contributed by atoms with Crippen molar-refractivity contribution in [3.05, 3.63) is 0 Å². The number of carboxylic acids is 1. The lowest BCUT2D eigenvalue weighted by atomic mass is 9.82. The molecular formula is C9H19N3O4. The first kappa shape index (κ1) is 13.3. The van der Waals surface area contributed by atoms with Gasteiger partial charge in [-0.1, -0.05) is 0 Å². The van der Waals surface area contributed by atoms with Gasteiger partial charge in [0.1, 0.15) is 0 Å². The second-order valence-corrected chi connectivity index (χ2v) is 4.24. The molecule has 0 radical (unpaired) electrons. The molecule has 0 aromatic rings. The van der Waals surface area contributed by atoms with Crippen LogP contribution in [-0.2, 0) is 4.79 Å². The zero-order valence-corrected chi connectivity index (χ0v) is 9.06. The van der Waals surface area contributed by atoms with Crippen LogP contribution in [0.2, 0.25) is 0 Å². The van der Waals surface area contributed by atoms with E-state index in [1.807, 2.05) is 0 Å². The predicted molar refractivity (Wildman–Crippen MR) is 51.9 cm³/mol. The molecule has 0 aromatic heterocycles. The Labute approximate surface area is 93.6 Å². The molecule has 94 valence electrons. The van der Waals surface area contributed by atoms with E-state index in [1.54, 1.807) is 0 Å². The maximum atomic E-state index is 10.8. The van der Waals surface area contributed by atoms with E-state index < -0.39 is 24.2 Å². The first-order valence-corrected chi connectivity index (χ1v) is 5.39. The summed E-state index contributed by atoms with van der Waals surface area (Å²) in [6.45, 7) is 0. The van der Waals surface area contributed by atoms with Crippen molar-refractivity contribution in [3.63, 3.8) is 0 Å². The van der Waals surface area contributed by atoms with Crippen molar-refractivity contribution in [1.29, 1.82) is 0 Å². The lowest BCUT2D eigenvalue weighted by molar-refractivity contribution is -0.459. The van der Waals surface area contributed by atoms with E-state index in [0.717, 1.165) is 0 Å². The number of aliphatic hydroxyl groups excluding tert-OH is 2. The standard InChI is InChI=1S/C9H19N3O4/c10-12-11-6(9(15)16)3-5-1-2-7(13)8(14)4-5/h5-8,11-14H,1-4,10H2,(H,15,16). The van der Waals surface area contributed by atoms with Crippen molar-refractivity contribution < 1.29 is 26.0 Å². The molecule has 1 aliphatic rings. The van der Waals surface area contributed by atoms with Crippen LogP contribution >= 0.6 is 0 Å². The topological polar surface area (TPSA) is 132 Å². The monoisotopic (exact) mass is 233 g/mol. The number of carbonyl (C=O) groups excluding carboxylic acids is 1. The fraction of sp³-hybridized carbons (Fsp3) is 0.889. The smallest absolute Gasteiger partial charge is 0.0801 e. The molecule has 0 saturated heterocycles. The lowest BCUT2D eigenvalue weighted by Gasteiger charge is -2.32. The number of carboxylic acid groups (broad SMARTS) is 1. The van der Waals surface area contributed by atoms with Gasteiger partial charge in [0.15, 0.2) is 0 Å². The van der Waals surface area contributed by atoms with Gasteiger partial charge in [-0.25, -0.2) is 5.43 Å². The van der Waals surface area contributed by atoms with Crippen molar-refractivity contribution in [2.45, 2.75) is 43.9 Å². The first-order chi connectivity index (χ1) is 7.54. The second kappa shape index (κ2) is 6.12. The summed E-state index contributed by atoms with van der Waals surface area (Å²) in [6.07, 6.45) is 0.549. The Morgan fingerprint density at radius 2 is 2.12 bits per heavy atom. The minimum absolute atomic E-state index is 0.0714. The van der Waals surface area contributed by atoms with Crippen LogP contribution in [0.5, 0.6) is 0 Å². The first-order valence-electron chi connectivity index (χ1n) is 5.39. The minimum Gasteiger partial charge on any atom is -0.548 e. The number of carbonyl (C=O) groups is 1. The van der Waals surface area contributed by atoms with E-state index in [2.05, 4.69) is 16.8 Å². The quantitative estimate of drug-likeness (QED) is 0.310. The summed E-state index contributed by atoms with van der Waals surface area (Å²) < 4.78 is 0. The Balaban J connectivity index is 2.43. The van der Waals surface area contributed by atoms with Crippen LogP contribution in [0.3, 0.4) is 0 Å². The summed E-state index contributed by atoms with van der Waals surface area (Å²) in [5.74, 6) is 2.16. The molecule has 0 amide bonds. The molecule has 0 spiro atoms. The van der Waals surface area contributed by atoms with Gasteiger partial charge in [-0.2, -0.15) is 0 Å². The lowest BCUT2D eigenvalue weighted by Crippen LogP contribution is -2.73. The number of aliphatic hydroxyl groups is 2. The normalized spacial score (nSPS) is 32.3. The highest BCUT2D eigenvalue weighted by Crippen LogP contribution is 2.28. The number of hydrogen-bond acceptors (Lipinski definition) is 6. The third kappa shape index (κ3) is 3.69. The van der Waals surface area contributed by atoms with E-state index >= 15 is 0 Å². The maximum Gasteiger partial charge on any atom is 0.0801 e. The Kier molecular flexibility index (Phi) is 5.10. The largest absolute Gasteiger partial charge is 0.548 e. The number of hydrazine groups is 1. The van der Waals surface area contributed by atoms with Gasteiger partial charge in [-0.3, -0.25) is 5.84 Å². The molecule has 1 rings (SSSR count). The third-order valence-electron chi connectivity index (χ3n) is 3.02. The van der Waals surface area contributed by atoms with E-state index in [4.69, 9.17) is 0 Å². The Hall–Kier alpha value is -0.730. The number of hydrogen-bond donors (Lipinski definition) is 5. The molecule has 7 nitrogen and oxygen atoms in total. The molecule has 1 saturated carbocycles. The Bertz CT molecular complexity index is 239. The van der Waals surface area contributed by atoms with Gasteiger partial charge >= 0.3 is 0 Å². The molecule has 0 bridgehead atoms. The highest BCUT2D eigenvalue weighted by Gasteiger charge is 2.29. The molecule has 0 aliphatic heterocycles. The number of aliphatic carboxylic acids is 1. The van der Waals surface area contributed by atoms with Gasteiger partial charge in [-0.15, -0.1) is 5.53 Å². The van der Waals surface area contributed by atoms with Gasteiger partial charge in [0.2, 0.25) is 0 Å². The molecule has 7 N–H and O–H groups in total. The van der Waals surface area contributed by atoms with E-state index in [9.17, 15) is 20.1 Å². The molecule has 7 heteroatoms. The second-order valence-electron chi connectivity index (χ2n) is 4.24. The molecule has 0 aromatic carbocycles. The van der Waals surface area contributed by atoms with Crippen molar-refractivity contribution in [2.24, 2.45) is 5.92 Å². The van der Waals surface area contributed by atoms with Gasteiger partial charge in [0.25, 0.3) is 0 Å². The molecule has 4 unspecified atom stereocenters. The number of rotatable bonds is 5. The zero-order valence-electron chi connectivity index (χ0n) is 9.06. The number of nitrogens with one attached hydrogen (secondary N) is 2. The van der Waals surface area contributed by atoms with Gasteiger partial charge in [0.05, 0.1) is 24.2 Å². The molecule has 16 heavy (non-hydrogen) atoms. The van der Waals surface area contributed by atoms with Gasteiger partial charge < -0.3 is 20.1 Å². The molecule has 1 fully saturated rings. The SMILES string of the molecule is [NH3+]NNC(CC1CCC(O)C(O)C1)C(=O)[O-]. The molecule has 4 atom stereocenters. The van der Waals surface area contributed by atoms with Crippen LogP contribution < -0.4 is 21.9 Å². The summed E-state index contributed by atoms with van der Waals surface area (Å²) in [7, 11) is 0. The van der Waals surface area contributed by atoms with Crippen LogP contribution in [0.25, 0.3) is 0 Å². The fourth-order valence-electron chi connectivity index (χ4n) is 2.10. The fourth-order valence-corrected chi connectivity index (χ4v) is 2.10. The van der Waals surface area contributed by atoms with Crippen LogP contribution in [-0.4, -0.2) is 34.4 Å². The van der Waals surface area contributed by atoms with Crippen molar-refractivity contribution in [1.82, 2.24) is 11.0 Å².